The summed E-state index contributed by atoms with van der Waals surface area (Å²) in [4.78, 5) is 40.4. The highest BCUT2D eigenvalue weighted by atomic mass is 16.6. The SMILES string of the molecule is COc1cc(N=O)c(C=NC(C)C)c(OCC(=O)Nc2cc(C3CCC(OC(=O)N(C)N(C)C)C3)[nH]n2)c1. The Hall–Kier alpha value is -4.00. The summed E-state index contributed by atoms with van der Waals surface area (Å²) in [7, 11) is 6.63. The third-order valence-electron chi connectivity index (χ3n) is 6.11. The molecule has 13 heteroatoms. The van der Waals surface area contributed by atoms with Crippen molar-refractivity contribution in [1.29, 1.82) is 0 Å². The number of methoxy groups -OCH3 is 1. The molecule has 38 heavy (non-hydrogen) atoms. The van der Waals surface area contributed by atoms with Gasteiger partial charge in [-0.1, -0.05) is 0 Å². The maximum absolute atomic E-state index is 12.6. The fraction of sp³-hybridized carbons (Fsp3) is 0.520. The molecular formula is C25H35N7O6. The number of rotatable bonds is 11. The van der Waals surface area contributed by atoms with E-state index in [0.717, 1.165) is 18.5 Å². The molecule has 2 unspecified atom stereocenters. The normalized spacial score (nSPS) is 17.2. The molecule has 1 heterocycles. The van der Waals surface area contributed by atoms with Gasteiger partial charge in [0.15, 0.2) is 12.4 Å². The molecule has 3 rings (SSSR count). The summed E-state index contributed by atoms with van der Waals surface area (Å²) in [6.45, 7) is 3.45. The summed E-state index contributed by atoms with van der Waals surface area (Å²) in [5.41, 5.74) is 1.30. The first-order valence-electron chi connectivity index (χ1n) is 12.3. The highest BCUT2D eigenvalue weighted by Gasteiger charge is 2.31. The molecule has 1 saturated carbocycles. The lowest BCUT2D eigenvalue weighted by molar-refractivity contribution is -0.118. The van der Waals surface area contributed by atoms with Crippen molar-refractivity contribution in [1.82, 2.24) is 20.2 Å². The fourth-order valence-corrected chi connectivity index (χ4v) is 3.90. The number of aliphatic imine (C=N–C) groups is 1. The second-order valence-electron chi connectivity index (χ2n) is 9.45. The summed E-state index contributed by atoms with van der Waals surface area (Å²) < 4.78 is 16.5. The number of amides is 2. The number of nitroso groups, excluding NO2 is 1. The molecule has 2 amide bonds. The Morgan fingerprint density at radius 2 is 2.00 bits per heavy atom. The van der Waals surface area contributed by atoms with Crippen molar-refractivity contribution in [3.05, 3.63) is 34.4 Å². The Balaban J connectivity index is 1.59. The zero-order valence-corrected chi connectivity index (χ0v) is 22.6. The third kappa shape index (κ3) is 7.51. The van der Waals surface area contributed by atoms with Gasteiger partial charge < -0.3 is 19.5 Å². The highest BCUT2D eigenvalue weighted by Crippen LogP contribution is 2.36. The Bertz CT molecular complexity index is 1160. The number of hydrogen-bond donors (Lipinski definition) is 2. The lowest BCUT2D eigenvalue weighted by Crippen LogP contribution is -2.40. The number of aromatic nitrogens is 2. The molecule has 2 atom stereocenters. The maximum Gasteiger partial charge on any atom is 0.424 e. The largest absolute Gasteiger partial charge is 0.497 e. The van der Waals surface area contributed by atoms with Crippen LogP contribution in [0.5, 0.6) is 11.5 Å². The van der Waals surface area contributed by atoms with E-state index in [1.54, 1.807) is 38.3 Å². The molecule has 1 aliphatic rings. The smallest absolute Gasteiger partial charge is 0.424 e. The first kappa shape index (κ1) is 28.6. The number of carbonyl (C=O) groups excluding carboxylic acids is 2. The van der Waals surface area contributed by atoms with E-state index in [1.807, 2.05) is 13.8 Å². The topological polar surface area (TPSA) is 151 Å². The molecule has 0 saturated heterocycles. The van der Waals surface area contributed by atoms with Crippen LogP contribution in [0.4, 0.5) is 16.3 Å². The van der Waals surface area contributed by atoms with E-state index in [0.29, 0.717) is 23.6 Å². The van der Waals surface area contributed by atoms with Crippen molar-refractivity contribution in [2.75, 3.05) is 40.2 Å². The van der Waals surface area contributed by atoms with Gasteiger partial charge in [0.05, 0.1) is 12.7 Å². The quantitative estimate of drug-likeness (QED) is 0.253. The molecular weight excluding hydrogens is 494 g/mol. The van der Waals surface area contributed by atoms with Crippen LogP contribution in [0.1, 0.15) is 50.3 Å². The van der Waals surface area contributed by atoms with E-state index in [2.05, 4.69) is 25.7 Å². The maximum atomic E-state index is 12.6. The van der Waals surface area contributed by atoms with Gasteiger partial charge in [0, 0.05) is 63.2 Å². The zero-order valence-electron chi connectivity index (χ0n) is 22.6. The monoisotopic (exact) mass is 529 g/mol. The molecule has 0 radical (unpaired) electrons. The van der Waals surface area contributed by atoms with E-state index >= 15 is 0 Å². The third-order valence-corrected chi connectivity index (χ3v) is 6.11. The van der Waals surface area contributed by atoms with Crippen molar-refractivity contribution in [3.8, 4) is 11.5 Å². The average Bonchev–Trinajstić information content (AvgIpc) is 3.54. The molecule has 0 aliphatic heterocycles. The van der Waals surface area contributed by atoms with Crippen LogP contribution in [-0.4, -0.2) is 85.4 Å². The predicted molar refractivity (Wildman–Crippen MR) is 142 cm³/mol. The van der Waals surface area contributed by atoms with E-state index < -0.39 is 12.0 Å². The number of aromatic amines is 1. The fourth-order valence-electron chi connectivity index (χ4n) is 3.90. The van der Waals surface area contributed by atoms with Crippen molar-refractivity contribution >= 4 is 29.7 Å². The van der Waals surface area contributed by atoms with Crippen LogP contribution < -0.4 is 14.8 Å². The summed E-state index contributed by atoms with van der Waals surface area (Å²) in [5, 5.41) is 15.9. The Morgan fingerprint density at radius 3 is 2.66 bits per heavy atom. The second kappa shape index (κ2) is 13.0. The van der Waals surface area contributed by atoms with Gasteiger partial charge in [0.1, 0.15) is 23.3 Å². The van der Waals surface area contributed by atoms with Gasteiger partial charge in [-0.2, -0.15) is 5.10 Å². The van der Waals surface area contributed by atoms with Crippen LogP contribution in [0.25, 0.3) is 0 Å². The molecule has 1 aromatic heterocycles. The van der Waals surface area contributed by atoms with Crippen LogP contribution in [0, 0.1) is 4.91 Å². The standard InChI is InChI=1S/C25H35N7O6/c1-15(2)26-13-19-21(30-35)10-18(36-6)11-22(19)37-14-24(33)27-23-12-20(28-29-23)16-7-8-17(9-16)38-25(34)32(5)31(3)4/h10-13,15-17H,7-9,14H2,1-6H3,(H2,27,28,29,33). The number of ether oxygens (including phenoxy) is 3. The lowest BCUT2D eigenvalue weighted by atomic mass is 10.0. The van der Waals surface area contributed by atoms with Gasteiger partial charge in [-0.25, -0.2) is 14.8 Å². The highest BCUT2D eigenvalue weighted by molar-refractivity contribution is 5.93. The summed E-state index contributed by atoms with van der Waals surface area (Å²) in [6, 6.07) is 4.79. The van der Waals surface area contributed by atoms with Crippen LogP contribution in [0.3, 0.4) is 0 Å². The van der Waals surface area contributed by atoms with Gasteiger partial charge in [-0.05, 0) is 38.3 Å². The number of anilines is 1. The Labute approximate surface area is 221 Å². The summed E-state index contributed by atoms with van der Waals surface area (Å²) >= 11 is 0. The lowest BCUT2D eigenvalue weighted by Gasteiger charge is -2.25. The number of carbonyl (C=O) groups is 2. The first-order chi connectivity index (χ1) is 18.1. The molecule has 206 valence electrons. The van der Waals surface area contributed by atoms with Crippen molar-refractivity contribution in [3.63, 3.8) is 0 Å². The van der Waals surface area contributed by atoms with E-state index in [-0.39, 0.29) is 36.1 Å². The van der Waals surface area contributed by atoms with E-state index in [1.165, 1.54) is 24.4 Å². The molecule has 2 N–H and O–H groups in total. The van der Waals surface area contributed by atoms with Crippen LogP contribution in [0.15, 0.2) is 28.4 Å². The van der Waals surface area contributed by atoms with Gasteiger partial charge >= 0.3 is 6.09 Å². The predicted octanol–water partition coefficient (Wildman–Crippen LogP) is 3.84. The van der Waals surface area contributed by atoms with Crippen molar-refractivity contribution < 1.29 is 23.8 Å². The molecule has 0 spiro atoms. The number of hydrazine groups is 1. The second-order valence-corrected chi connectivity index (χ2v) is 9.45. The number of nitrogens with one attached hydrogen (secondary N) is 2. The van der Waals surface area contributed by atoms with E-state index in [9.17, 15) is 14.5 Å². The van der Waals surface area contributed by atoms with Crippen molar-refractivity contribution in [2.45, 2.75) is 51.2 Å². The number of hydrogen-bond acceptors (Lipinski definition) is 10. The molecule has 2 aromatic rings. The molecule has 1 fully saturated rings. The average molecular weight is 530 g/mol. The molecule has 13 nitrogen and oxygen atoms in total. The summed E-state index contributed by atoms with van der Waals surface area (Å²) in [5.74, 6) is 0.642. The minimum absolute atomic E-state index is 0.0109. The van der Waals surface area contributed by atoms with Crippen LogP contribution in [-0.2, 0) is 9.53 Å². The Morgan fingerprint density at radius 1 is 1.24 bits per heavy atom. The van der Waals surface area contributed by atoms with Gasteiger partial charge in [0.2, 0.25) is 0 Å². The van der Waals surface area contributed by atoms with Crippen LogP contribution >= 0.6 is 0 Å². The van der Waals surface area contributed by atoms with Gasteiger partial charge in [0.25, 0.3) is 5.91 Å². The van der Waals surface area contributed by atoms with Gasteiger partial charge in [-0.3, -0.25) is 14.9 Å². The Kier molecular flexibility index (Phi) is 9.77. The zero-order chi connectivity index (χ0) is 27.8. The van der Waals surface area contributed by atoms with Crippen LogP contribution in [0.2, 0.25) is 0 Å². The number of H-pyrrole nitrogens is 1. The van der Waals surface area contributed by atoms with Gasteiger partial charge in [-0.15, -0.1) is 4.91 Å². The van der Waals surface area contributed by atoms with E-state index in [4.69, 9.17) is 14.2 Å². The summed E-state index contributed by atoms with van der Waals surface area (Å²) in [6.07, 6.45) is 3.14. The number of nitrogens with zero attached hydrogens (tertiary/aromatic N) is 5. The first-order valence-corrected chi connectivity index (χ1v) is 12.3. The number of benzene rings is 1. The molecule has 1 aromatic carbocycles. The molecule has 1 aliphatic carbocycles. The minimum Gasteiger partial charge on any atom is -0.497 e. The molecule has 0 bridgehead atoms. The van der Waals surface area contributed by atoms with Crippen molar-refractivity contribution in [2.24, 2.45) is 10.2 Å². The minimum atomic E-state index is -0.441.